The van der Waals surface area contributed by atoms with Crippen LogP contribution >= 0.6 is 11.3 Å². The molecular formula is C24H19N3O3S. The monoisotopic (exact) mass is 429 g/mol. The number of non-ortho nitro benzene ring substituents is 1. The number of nitro groups is 1. The van der Waals surface area contributed by atoms with Crippen LogP contribution in [0.3, 0.4) is 0 Å². The Morgan fingerprint density at radius 2 is 1.87 bits per heavy atom. The number of aryl methyl sites for hydroxylation is 1. The third-order valence-electron chi connectivity index (χ3n) is 4.79. The van der Waals surface area contributed by atoms with Gasteiger partial charge >= 0.3 is 0 Å². The molecule has 31 heavy (non-hydrogen) atoms. The van der Waals surface area contributed by atoms with Crippen LogP contribution in [0.1, 0.15) is 16.7 Å². The number of amides is 1. The van der Waals surface area contributed by atoms with E-state index in [1.807, 2.05) is 55.5 Å². The predicted molar refractivity (Wildman–Crippen MR) is 124 cm³/mol. The third-order valence-corrected chi connectivity index (χ3v) is 5.83. The largest absolute Gasteiger partial charge is 0.280 e. The summed E-state index contributed by atoms with van der Waals surface area (Å²) in [5, 5.41) is 11.6. The number of hydrogen-bond donors (Lipinski definition) is 0. The number of nitrogens with zero attached hydrogens (tertiary/aromatic N) is 3. The molecule has 3 aromatic carbocycles. The van der Waals surface area contributed by atoms with Crippen LogP contribution in [0.15, 0.2) is 78.9 Å². The minimum absolute atomic E-state index is 0.0163. The molecular weight excluding hydrogens is 410 g/mol. The van der Waals surface area contributed by atoms with Crippen molar-refractivity contribution in [2.75, 3.05) is 4.90 Å². The Morgan fingerprint density at radius 3 is 2.61 bits per heavy atom. The van der Waals surface area contributed by atoms with E-state index in [1.165, 1.54) is 29.5 Å². The molecule has 0 atom stereocenters. The number of para-hydroxylation sites is 1. The number of fused-ring (bicyclic) bond motifs is 1. The molecule has 0 spiro atoms. The first-order valence-corrected chi connectivity index (χ1v) is 10.5. The fraction of sp³-hybridized carbons (Fsp3) is 0.0833. The van der Waals surface area contributed by atoms with Gasteiger partial charge in [-0.05, 0) is 35.8 Å². The van der Waals surface area contributed by atoms with Crippen LogP contribution in [0.25, 0.3) is 16.3 Å². The first-order chi connectivity index (χ1) is 15.0. The first-order valence-electron chi connectivity index (χ1n) is 9.65. The lowest BCUT2D eigenvalue weighted by molar-refractivity contribution is -0.384. The highest BCUT2D eigenvalue weighted by molar-refractivity contribution is 7.22. The maximum Gasteiger partial charge on any atom is 0.270 e. The van der Waals surface area contributed by atoms with Crippen LogP contribution in [-0.4, -0.2) is 15.8 Å². The van der Waals surface area contributed by atoms with Gasteiger partial charge in [-0.2, -0.15) is 0 Å². The van der Waals surface area contributed by atoms with E-state index in [0.717, 1.165) is 21.3 Å². The van der Waals surface area contributed by atoms with Crippen LogP contribution in [0.5, 0.6) is 0 Å². The van der Waals surface area contributed by atoms with Gasteiger partial charge in [0.05, 0.1) is 21.7 Å². The summed E-state index contributed by atoms with van der Waals surface area (Å²) in [7, 11) is 0. The van der Waals surface area contributed by atoms with Crippen molar-refractivity contribution in [3.05, 3.63) is 106 Å². The minimum atomic E-state index is -0.454. The molecule has 0 aliphatic heterocycles. The zero-order valence-electron chi connectivity index (χ0n) is 16.8. The van der Waals surface area contributed by atoms with E-state index in [2.05, 4.69) is 0 Å². The minimum Gasteiger partial charge on any atom is -0.280 e. The van der Waals surface area contributed by atoms with Gasteiger partial charge < -0.3 is 0 Å². The van der Waals surface area contributed by atoms with Gasteiger partial charge in [0, 0.05) is 18.2 Å². The van der Waals surface area contributed by atoms with E-state index in [4.69, 9.17) is 4.98 Å². The topological polar surface area (TPSA) is 76.3 Å². The lowest BCUT2D eigenvalue weighted by atomic mass is 10.2. The van der Waals surface area contributed by atoms with Gasteiger partial charge in [0.2, 0.25) is 0 Å². The van der Waals surface area contributed by atoms with Crippen molar-refractivity contribution in [3.8, 4) is 0 Å². The average molecular weight is 430 g/mol. The fourth-order valence-electron chi connectivity index (χ4n) is 3.20. The Labute approximate surface area is 183 Å². The van der Waals surface area contributed by atoms with E-state index < -0.39 is 4.92 Å². The average Bonchev–Trinajstić information content (AvgIpc) is 3.22. The van der Waals surface area contributed by atoms with Crippen LogP contribution in [0, 0.1) is 17.0 Å². The number of nitro benzene ring substituents is 1. The Hall–Kier alpha value is -3.84. The van der Waals surface area contributed by atoms with Crippen molar-refractivity contribution in [2.24, 2.45) is 0 Å². The van der Waals surface area contributed by atoms with Crippen molar-refractivity contribution in [1.29, 1.82) is 0 Å². The number of rotatable bonds is 6. The van der Waals surface area contributed by atoms with Gasteiger partial charge in [-0.15, -0.1) is 0 Å². The molecule has 0 unspecified atom stereocenters. The maximum atomic E-state index is 13.2. The van der Waals surface area contributed by atoms with Gasteiger partial charge in [0.15, 0.2) is 5.13 Å². The second kappa shape index (κ2) is 8.89. The van der Waals surface area contributed by atoms with E-state index in [1.54, 1.807) is 23.1 Å². The lowest BCUT2D eigenvalue weighted by Crippen LogP contribution is -2.28. The quantitative estimate of drug-likeness (QED) is 0.222. The molecule has 154 valence electrons. The number of benzene rings is 3. The molecule has 6 nitrogen and oxygen atoms in total. The van der Waals surface area contributed by atoms with Gasteiger partial charge in [0.25, 0.3) is 11.6 Å². The van der Waals surface area contributed by atoms with Crippen molar-refractivity contribution >= 4 is 44.4 Å². The van der Waals surface area contributed by atoms with Gasteiger partial charge in [0.1, 0.15) is 0 Å². The molecule has 0 saturated carbocycles. The molecule has 0 bridgehead atoms. The van der Waals surface area contributed by atoms with E-state index >= 15 is 0 Å². The standard InChI is InChI=1S/C24H19N3O3S/c1-17-7-5-12-21-23(17)25-24(31-21)26(16-19-8-3-2-4-9-19)22(28)14-13-18-10-6-11-20(15-18)27(29)30/h2-15H,16H2,1H3/b14-13+. The highest BCUT2D eigenvalue weighted by atomic mass is 32.1. The Morgan fingerprint density at radius 1 is 1.10 bits per heavy atom. The van der Waals surface area contributed by atoms with Gasteiger partial charge in [-0.25, -0.2) is 4.98 Å². The molecule has 1 amide bonds. The molecule has 4 rings (SSSR count). The predicted octanol–water partition coefficient (Wildman–Crippen LogP) is 5.76. The normalized spacial score (nSPS) is 11.1. The molecule has 0 saturated heterocycles. The first kappa shape index (κ1) is 20.4. The van der Waals surface area contributed by atoms with Crippen LogP contribution < -0.4 is 4.90 Å². The van der Waals surface area contributed by atoms with Crippen LogP contribution in [-0.2, 0) is 11.3 Å². The summed E-state index contributed by atoms with van der Waals surface area (Å²) < 4.78 is 1.02. The zero-order chi connectivity index (χ0) is 21.8. The summed E-state index contributed by atoms with van der Waals surface area (Å²) in [5.74, 6) is -0.243. The van der Waals surface area contributed by atoms with Gasteiger partial charge in [-0.1, -0.05) is 65.9 Å². The summed E-state index contributed by atoms with van der Waals surface area (Å²) in [5.41, 5.74) is 3.49. The van der Waals surface area contributed by atoms with Crippen molar-refractivity contribution in [1.82, 2.24) is 4.98 Å². The number of thiazole rings is 1. The van der Waals surface area contributed by atoms with Crippen LogP contribution in [0.2, 0.25) is 0 Å². The van der Waals surface area contributed by atoms with Crippen molar-refractivity contribution in [3.63, 3.8) is 0 Å². The number of carbonyl (C=O) groups is 1. The molecule has 0 radical (unpaired) electrons. The Balaban J connectivity index is 1.67. The van der Waals surface area contributed by atoms with Gasteiger partial charge in [-0.3, -0.25) is 19.8 Å². The SMILES string of the molecule is Cc1cccc2sc(N(Cc3ccccc3)C(=O)/C=C/c3cccc([N+](=O)[O-])c3)nc12. The second-order valence-electron chi connectivity index (χ2n) is 7.01. The smallest absolute Gasteiger partial charge is 0.270 e. The summed E-state index contributed by atoms with van der Waals surface area (Å²) in [6.45, 7) is 2.37. The molecule has 0 N–H and O–H groups in total. The molecule has 1 heterocycles. The van der Waals surface area contributed by atoms with Crippen molar-refractivity contribution < 1.29 is 9.72 Å². The van der Waals surface area contributed by atoms with E-state index in [9.17, 15) is 14.9 Å². The molecule has 4 aromatic rings. The lowest BCUT2D eigenvalue weighted by Gasteiger charge is -2.18. The highest BCUT2D eigenvalue weighted by Crippen LogP contribution is 2.31. The summed E-state index contributed by atoms with van der Waals surface area (Å²) in [4.78, 5) is 30.1. The molecule has 0 aliphatic rings. The Kier molecular flexibility index (Phi) is 5.86. The number of aromatic nitrogens is 1. The van der Waals surface area contributed by atoms with Crippen molar-refractivity contribution in [2.45, 2.75) is 13.5 Å². The molecule has 1 aromatic heterocycles. The second-order valence-corrected chi connectivity index (χ2v) is 8.02. The summed E-state index contributed by atoms with van der Waals surface area (Å²) in [6.07, 6.45) is 3.02. The summed E-state index contributed by atoms with van der Waals surface area (Å²) >= 11 is 1.47. The molecule has 0 aliphatic carbocycles. The molecule has 7 heteroatoms. The molecule has 0 fully saturated rings. The highest BCUT2D eigenvalue weighted by Gasteiger charge is 2.19. The van der Waals surface area contributed by atoms with E-state index in [0.29, 0.717) is 17.2 Å². The zero-order valence-corrected chi connectivity index (χ0v) is 17.6. The van der Waals surface area contributed by atoms with Crippen LogP contribution in [0.4, 0.5) is 10.8 Å². The number of hydrogen-bond acceptors (Lipinski definition) is 5. The third kappa shape index (κ3) is 4.67. The maximum absolute atomic E-state index is 13.2. The summed E-state index contributed by atoms with van der Waals surface area (Å²) in [6, 6.07) is 21.9. The fourth-order valence-corrected chi connectivity index (χ4v) is 4.24. The Bertz CT molecular complexity index is 1280. The number of anilines is 1. The number of carbonyl (C=O) groups excluding carboxylic acids is 1. The van der Waals surface area contributed by atoms with E-state index in [-0.39, 0.29) is 11.6 Å².